The number of hydrogen-bond donors (Lipinski definition) is 3. The van der Waals surface area contributed by atoms with Gasteiger partial charge in [0, 0.05) is 18.6 Å². The largest absolute Gasteiger partial charge is 0.389 e. The summed E-state index contributed by atoms with van der Waals surface area (Å²) in [6, 6.07) is 1.36. The van der Waals surface area contributed by atoms with Gasteiger partial charge in [-0.25, -0.2) is 0 Å². The summed E-state index contributed by atoms with van der Waals surface area (Å²) in [6.07, 6.45) is 11.2. The van der Waals surface area contributed by atoms with E-state index in [1.54, 1.807) is 0 Å². The van der Waals surface area contributed by atoms with Crippen LogP contribution in [0.4, 0.5) is 0 Å². The highest BCUT2D eigenvalue weighted by molar-refractivity contribution is 4.95. The van der Waals surface area contributed by atoms with E-state index in [0.717, 1.165) is 31.3 Å². The van der Waals surface area contributed by atoms with Gasteiger partial charge in [-0.05, 0) is 56.9 Å². The fourth-order valence-electron chi connectivity index (χ4n) is 4.91. The van der Waals surface area contributed by atoms with E-state index in [2.05, 4.69) is 17.6 Å². The van der Waals surface area contributed by atoms with Crippen LogP contribution in [-0.4, -0.2) is 35.9 Å². The molecule has 0 aromatic heterocycles. The summed E-state index contributed by atoms with van der Waals surface area (Å²) in [5.74, 6) is 1.48. The van der Waals surface area contributed by atoms with E-state index in [1.807, 2.05) is 0 Å². The van der Waals surface area contributed by atoms with Crippen LogP contribution in [0.3, 0.4) is 0 Å². The first-order valence-electron chi connectivity index (χ1n) is 8.85. The average Bonchev–Trinajstić information content (AvgIpc) is 3.07. The van der Waals surface area contributed by atoms with Crippen LogP contribution in [0.15, 0.2) is 0 Å². The molecule has 1 saturated heterocycles. The summed E-state index contributed by atoms with van der Waals surface area (Å²) in [4.78, 5) is 0. The van der Waals surface area contributed by atoms with Crippen molar-refractivity contribution in [1.29, 1.82) is 0 Å². The molecule has 0 aromatic rings. The van der Waals surface area contributed by atoms with Crippen molar-refractivity contribution in [2.45, 2.75) is 82.4 Å². The molecule has 116 valence electrons. The minimum absolute atomic E-state index is 0.437. The lowest BCUT2D eigenvalue weighted by molar-refractivity contribution is -0.0149. The molecule has 3 N–H and O–H groups in total. The first kappa shape index (κ1) is 14.8. The van der Waals surface area contributed by atoms with Crippen LogP contribution in [0.1, 0.15) is 64.7 Å². The molecule has 2 saturated carbocycles. The van der Waals surface area contributed by atoms with Gasteiger partial charge in [0.1, 0.15) is 0 Å². The highest BCUT2D eigenvalue weighted by Gasteiger charge is 2.37. The Morgan fingerprint density at radius 1 is 1.15 bits per heavy atom. The van der Waals surface area contributed by atoms with Crippen molar-refractivity contribution in [3.63, 3.8) is 0 Å². The van der Waals surface area contributed by atoms with Gasteiger partial charge in [0.15, 0.2) is 0 Å². The van der Waals surface area contributed by atoms with E-state index in [0.29, 0.717) is 12.0 Å². The lowest BCUT2D eigenvalue weighted by Gasteiger charge is -2.37. The summed E-state index contributed by atoms with van der Waals surface area (Å²) in [6.45, 7) is 4.30. The molecule has 3 fully saturated rings. The Balaban J connectivity index is 1.51. The summed E-state index contributed by atoms with van der Waals surface area (Å²) < 4.78 is 0. The quantitative estimate of drug-likeness (QED) is 0.741. The summed E-state index contributed by atoms with van der Waals surface area (Å²) >= 11 is 0. The molecule has 20 heavy (non-hydrogen) atoms. The molecule has 3 rings (SSSR count). The molecule has 3 aliphatic rings. The standard InChI is InChI=1S/C17H32N2O/c1-13-5-3-9-17(20,11-13)12-19-16-7-2-6-14(16)15-8-4-10-18-15/h13-16,18-20H,2-12H2,1H3. The van der Waals surface area contributed by atoms with Gasteiger partial charge in [-0.3, -0.25) is 0 Å². The Labute approximate surface area is 123 Å². The van der Waals surface area contributed by atoms with E-state index in [-0.39, 0.29) is 0 Å². The van der Waals surface area contributed by atoms with Crippen molar-refractivity contribution in [1.82, 2.24) is 10.6 Å². The molecule has 3 heteroatoms. The summed E-state index contributed by atoms with van der Waals surface area (Å²) in [5, 5.41) is 18.2. The average molecular weight is 280 g/mol. The molecule has 5 atom stereocenters. The Kier molecular flexibility index (Phi) is 4.68. The predicted octanol–water partition coefficient (Wildman–Crippen LogP) is 2.44. The van der Waals surface area contributed by atoms with Gasteiger partial charge < -0.3 is 15.7 Å². The maximum absolute atomic E-state index is 10.8. The number of rotatable bonds is 4. The highest BCUT2D eigenvalue weighted by atomic mass is 16.3. The third-order valence-electron chi connectivity index (χ3n) is 5.95. The Morgan fingerprint density at radius 2 is 2.05 bits per heavy atom. The molecule has 0 radical (unpaired) electrons. The molecule has 5 unspecified atom stereocenters. The van der Waals surface area contributed by atoms with E-state index in [4.69, 9.17) is 0 Å². The zero-order valence-corrected chi connectivity index (χ0v) is 13.0. The number of hydrogen-bond acceptors (Lipinski definition) is 3. The normalized spacial score (nSPS) is 45.9. The lowest BCUT2D eigenvalue weighted by Crippen LogP contribution is -2.50. The van der Waals surface area contributed by atoms with Crippen LogP contribution < -0.4 is 10.6 Å². The zero-order chi connectivity index (χ0) is 14.0. The van der Waals surface area contributed by atoms with Crippen LogP contribution in [0.2, 0.25) is 0 Å². The molecule has 3 nitrogen and oxygen atoms in total. The van der Waals surface area contributed by atoms with Gasteiger partial charge in [0.25, 0.3) is 0 Å². The third kappa shape index (κ3) is 3.37. The van der Waals surface area contributed by atoms with Crippen LogP contribution in [0.5, 0.6) is 0 Å². The van der Waals surface area contributed by atoms with Gasteiger partial charge >= 0.3 is 0 Å². The highest BCUT2D eigenvalue weighted by Crippen LogP contribution is 2.34. The van der Waals surface area contributed by atoms with Crippen molar-refractivity contribution in [2.24, 2.45) is 11.8 Å². The van der Waals surface area contributed by atoms with Crippen LogP contribution in [-0.2, 0) is 0 Å². The van der Waals surface area contributed by atoms with Crippen molar-refractivity contribution >= 4 is 0 Å². The Morgan fingerprint density at radius 3 is 2.80 bits per heavy atom. The summed E-state index contributed by atoms with van der Waals surface area (Å²) in [5.41, 5.74) is -0.437. The van der Waals surface area contributed by atoms with Gasteiger partial charge in [-0.15, -0.1) is 0 Å². The van der Waals surface area contributed by atoms with Crippen LogP contribution in [0, 0.1) is 11.8 Å². The van der Waals surface area contributed by atoms with Crippen LogP contribution in [0.25, 0.3) is 0 Å². The monoisotopic (exact) mass is 280 g/mol. The Bertz CT molecular complexity index is 316. The molecule has 2 aliphatic carbocycles. The zero-order valence-electron chi connectivity index (χ0n) is 13.0. The number of aliphatic hydroxyl groups is 1. The van der Waals surface area contributed by atoms with Crippen molar-refractivity contribution in [2.75, 3.05) is 13.1 Å². The van der Waals surface area contributed by atoms with Gasteiger partial charge in [-0.1, -0.05) is 26.2 Å². The second kappa shape index (κ2) is 6.33. The van der Waals surface area contributed by atoms with Crippen molar-refractivity contribution in [3.05, 3.63) is 0 Å². The molecule has 1 heterocycles. The maximum Gasteiger partial charge on any atom is 0.0774 e. The van der Waals surface area contributed by atoms with Crippen LogP contribution >= 0.6 is 0 Å². The van der Waals surface area contributed by atoms with Crippen molar-refractivity contribution in [3.8, 4) is 0 Å². The van der Waals surface area contributed by atoms with Crippen molar-refractivity contribution < 1.29 is 5.11 Å². The van der Waals surface area contributed by atoms with Gasteiger partial charge in [-0.2, -0.15) is 0 Å². The third-order valence-corrected chi connectivity index (χ3v) is 5.95. The van der Waals surface area contributed by atoms with Gasteiger partial charge in [0.2, 0.25) is 0 Å². The molecule has 0 bridgehead atoms. The smallest absolute Gasteiger partial charge is 0.0774 e. The predicted molar refractivity (Wildman–Crippen MR) is 82.7 cm³/mol. The maximum atomic E-state index is 10.8. The lowest BCUT2D eigenvalue weighted by atomic mass is 9.78. The molecule has 1 aliphatic heterocycles. The first-order valence-corrected chi connectivity index (χ1v) is 8.85. The van der Waals surface area contributed by atoms with Gasteiger partial charge in [0.05, 0.1) is 5.60 Å². The minimum atomic E-state index is -0.437. The minimum Gasteiger partial charge on any atom is -0.389 e. The summed E-state index contributed by atoms with van der Waals surface area (Å²) in [7, 11) is 0. The second-order valence-corrected chi connectivity index (χ2v) is 7.71. The van der Waals surface area contributed by atoms with E-state index in [1.165, 1.54) is 51.5 Å². The second-order valence-electron chi connectivity index (χ2n) is 7.71. The SMILES string of the molecule is CC1CCCC(O)(CNC2CCCC2C2CCCN2)C1. The van der Waals surface area contributed by atoms with E-state index >= 15 is 0 Å². The Hall–Kier alpha value is -0.120. The fraction of sp³-hybridized carbons (Fsp3) is 1.00. The molecular formula is C17H32N2O. The topological polar surface area (TPSA) is 44.3 Å². The molecule has 0 spiro atoms. The van der Waals surface area contributed by atoms with E-state index < -0.39 is 5.60 Å². The molecule has 0 amide bonds. The molecular weight excluding hydrogens is 248 g/mol. The fourth-order valence-corrected chi connectivity index (χ4v) is 4.91. The molecule has 0 aromatic carbocycles. The number of nitrogens with one attached hydrogen (secondary N) is 2. The van der Waals surface area contributed by atoms with E-state index in [9.17, 15) is 5.11 Å². The first-order chi connectivity index (χ1) is 9.66.